The summed E-state index contributed by atoms with van der Waals surface area (Å²) in [5.74, 6) is -1.55. The molecule has 0 bridgehead atoms. The smallest absolute Gasteiger partial charge is 0.404 e. The van der Waals surface area contributed by atoms with Crippen molar-refractivity contribution in [2.45, 2.75) is 19.3 Å². The molecule has 3 rings (SSSR count). The minimum Gasteiger partial charge on any atom is -0.404 e. The molecular weight excluding hydrogens is 472 g/mol. The molecule has 0 aliphatic carbocycles. The Kier molecular flexibility index (Phi) is 8.39. The van der Waals surface area contributed by atoms with E-state index in [1.165, 1.54) is 30.3 Å². The van der Waals surface area contributed by atoms with Crippen LogP contribution in [0, 0.1) is 5.82 Å². The van der Waals surface area contributed by atoms with Crippen LogP contribution in [0.3, 0.4) is 0 Å². The summed E-state index contributed by atoms with van der Waals surface area (Å²) >= 11 is 0. The minimum absolute atomic E-state index is 0.0127. The zero-order valence-electron chi connectivity index (χ0n) is 18.2. The maximum absolute atomic E-state index is 14.6. The molecule has 6 N–H and O–H groups in total. The summed E-state index contributed by atoms with van der Waals surface area (Å²) in [5, 5.41) is 7.49. The number of amides is 2. The van der Waals surface area contributed by atoms with Crippen molar-refractivity contribution in [1.82, 2.24) is 15.3 Å². The molecule has 1 aromatic heterocycles. The monoisotopic (exact) mass is 494 g/mol. The van der Waals surface area contributed by atoms with Gasteiger partial charge in [0.2, 0.25) is 5.95 Å². The first-order valence-electron chi connectivity index (χ1n) is 10.4. The Morgan fingerprint density at radius 1 is 1.11 bits per heavy atom. The number of nitrogens with two attached hydrogens (primary N) is 1. The number of nitrogens with one attached hydrogen (secondary N) is 4. The number of ether oxygens (including phenoxy) is 1. The summed E-state index contributed by atoms with van der Waals surface area (Å²) in [4.78, 5) is 30.8. The number of hydrogen-bond donors (Lipinski definition) is 5. The number of aromatic nitrogens is 2. The van der Waals surface area contributed by atoms with Crippen molar-refractivity contribution in [2.75, 3.05) is 23.7 Å². The zero-order chi connectivity index (χ0) is 25.4. The molecule has 186 valence electrons. The predicted octanol–water partition coefficient (Wildman–Crippen LogP) is 3.56. The first-order chi connectivity index (χ1) is 16.7. The number of carbonyl (C=O) groups excluding carboxylic acids is 1. The van der Waals surface area contributed by atoms with Crippen LogP contribution >= 0.6 is 0 Å². The van der Waals surface area contributed by atoms with Gasteiger partial charge in [0, 0.05) is 18.3 Å². The van der Waals surface area contributed by atoms with Gasteiger partial charge < -0.3 is 21.1 Å². The Labute approximate surface area is 196 Å². The van der Waals surface area contributed by atoms with Crippen LogP contribution in [-0.4, -0.2) is 35.5 Å². The highest BCUT2D eigenvalue weighted by atomic mass is 19.4. The van der Waals surface area contributed by atoms with E-state index in [1.54, 1.807) is 6.07 Å². The van der Waals surface area contributed by atoms with E-state index >= 15 is 0 Å². The first kappa shape index (κ1) is 25.6. The van der Waals surface area contributed by atoms with Gasteiger partial charge in [0.05, 0.1) is 11.3 Å². The van der Waals surface area contributed by atoms with Crippen molar-refractivity contribution in [3.05, 3.63) is 70.4 Å². The minimum atomic E-state index is -4.95. The van der Waals surface area contributed by atoms with Gasteiger partial charge in [0.1, 0.15) is 5.82 Å². The maximum Gasteiger partial charge on any atom is 0.573 e. The third kappa shape index (κ3) is 7.52. The molecule has 0 saturated carbocycles. The summed E-state index contributed by atoms with van der Waals surface area (Å²) in [7, 11) is 0. The van der Waals surface area contributed by atoms with Crippen molar-refractivity contribution >= 4 is 17.7 Å². The SMILES string of the molecule is NCCCNCc1ccc(-c2cnc(NC(=O)Nc3ccccc3OC(F)(F)F)[nH]c2=O)c(F)c1. The third-order valence-corrected chi connectivity index (χ3v) is 4.60. The van der Waals surface area contributed by atoms with Gasteiger partial charge >= 0.3 is 12.4 Å². The molecule has 0 spiro atoms. The molecule has 0 aliphatic heterocycles. The van der Waals surface area contributed by atoms with Gasteiger partial charge in [-0.05, 0) is 43.3 Å². The van der Waals surface area contributed by atoms with Crippen LogP contribution in [0.15, 0.2) is 53.5 Å². The van der Waals surface area contributed by atoms with E-state index in [9.17, 15) is 27.2 Å². The number of alkyl halides is 3. The van der Waals surface area contributed by atoms with Gasteiger partial charge in [0.25, 0.3) is 5.56 Å². The maximum atomic E-state index is 14.6. The number of hydrogen-bond acceptors (Lipinski definition) is 6. The molecule has 2 amide bonds. The van der Waals surface area contributed by atoms with Crippen LogP contribution in [0.2, 0.25) is 0 Å². The van der Waals surface area contributed by atoms with Gasteiger partial charge in [-0.25, -0.2) is 14.2 Å². The summed E-state index contributed by atoms with van der Waals surface area (Å²) in [6.45, 7) is 1.66. The van der Waals surface area contributed by atoms with E-state index in [4.69, 9.17) is 5.73 Å². The summed E-state index contributed by atoms with van der Waals surface area (Å²) in [6, 6.07) is 8.32. The lowest BCUT2D eigenvalue weighted by Gasteiger charge is -2.14. The number of halogens is 4. The second-order valence-electron chi connectivity index (χ2n) is 7.23. The predicted molar refractivity (Wildman–Crippen MR) is 121 cm³/mol. The Morgan fingerprint density at radius 3 is 2.57 bits per heavy atom. The highest BCUT2D eigenvalue weighted by Crippen LogP contribution is 2.30. The van der Waals surface area contributed by atoms with Crippen molar-refractivity contribution in [3.8, 4) is 16.9 Å². The molecule has 1 heterocycles. The molecule has 35 heavy (non-hydrogen) atoms. The first-order valence-corrected chi connectivity index (χ1v) is 10.4. The Balaban J connectivity index is 1.68. The molecule has 0 unspecified atom stereocenters. The molecule has 3 aromatic rings. The normalized spacial score (nSPS) is 11.2. The van der Waals surface area contributed by atoms with Crippen molar-refractivity contribution < 1.29 is 27.1 Å². The molecule has 2 aromatic carbocycles. The molecule has 13 heteroatoms. The second-order valence-corrected chi connectivity index (χ2v) is 7.23. The molecule has 0 saturated heterocycles. The molecule has 0 atom stereocenters. The quantitative estimate of drug-likeness (QED) is 0.228. The fourth-order valence-electron chi connectivity index (χ4n) is 3.04. The van der Waals surface area contributed by atoms with Crippen LogP contribution in [0.25, 0.3) is 11.1 Å². The number of nitrogens with zero attached hydrogens (tertiary/aromatic N) is 1. The average molecular weight is 494 g/mol. The Bertz CT molecular complexity index is 1230. The topological polar surface area (TPSA) is 134 Å². The van der Waals surface area contributed by atoms with Crippen molar-refractivity contribution in [3.63, 3.8) is 0 Å². The molecule has 0 radical (unpaired) electrons. The lowest BCUT2D eigenvalue weighted by molar-refractivity contribution is -0.274. The van der Waals surface area contributed by atoms with Gasteiger partial charge in [0.15, 0.2) is 5.75 Å². The summed E-state index contributed by atoms with van der Waals surface area (Å²) in [6.07, 6.45) is -3.09. The number of carbonyl (C=O) groups is 1. The van der Waals surface area contributed by atoms with Gasteiger partial charge in [-0.3, -0.25) is 15.1 Å². The van der Waals surface area contributed by atoms with Crippen LogP contribution in [0.5, 0.6) is 5.75 Å². The fourth-order valence-corrected chi connectivity index (χ4v) is 3.04. The van der Waals surface area contributed by atoms with Gasteiger partial charge in [-0.2, -0.15) is 0 Å². The van der Waals surface area contributed by atoms with E-state index in [2.05, 4.69) is 30.7 Å². The lowest BCUT2D eigenvalue weighted by atomic mass is 10.1. The fraction of sp³-hybridized carbons (Fsp3) is 0.227. The molecular formula is C22H22F4N6O3. The Hall–Kier alpha value is -3.97. The number of para-hydroxylation sites is 2. The standard InChI is InChI=1S/C22H22F4N6O3/c23-16-10-13(11-28-9-3-8-27)6-7-14(16)15-12-29-20(31-19(15)33)32-21(34)30-17-4-1-2-5-18(17)35-22(24,25)26/h1-2,4-7,10,12,28H,3,8-9,11,27H2,(H3,29,30,31,32,33,34). The number of H-pyrrole nitrogens is 1. The van der Waals surface area contributed by atoms with E-state index < -0.39 is 29.5 Å². The average Bonchev–Trinajstić information content (AvgIpc) is 2.78. The molecule has 9 nitrogen and oxygen atoms in total. The number of benzene rings is 2. The van der Waals surface area contributed by atoms with Gasteiger partial charge in [-0.15, -0.1) is 13.2 Å². The van der Waals surface area contributed by atoms with Gasteiger partial charge in [-0.1, -0.05) is 24.3 Å². The Morgan fingerprint density at radius 2 is 1.89 bits per heavy atom. The second kappa shape index (κ2) is 11.4. The van der Waals surface area contributed by atoms with Crippen molar-refractivity contribution in [1.29, 1.82) is 0 Å². The van der Waals surface area contributed by atoms with Crippen LogP contribution < -0.4 is 32.0 Å². The van der Waals surface area contributed by atoms with E-state index in [0.29, 0.717) is 25.2 Å². The van der Waals surface area contributed by atoms with Crippen LogP contribution in [0.4, 0.5) is 34.0 Å². The zero-order valence-corrected chi connectivity index (χ0v) is 18.2. The number of aromatic amines is 1. The van der Waals surface area contributed by atoms with Crippen molar-refractivity contribution in [2.24, 2.45) is 5.73 Å². The summed E-state index contributed by atoms with van der Waals surface area (Å²) in [5.41, 5.74) is 5.05. The lowest BCUT2D eigenvalue weighted by Crippen LogP contribution is -2.24. The number of anilines is 2. The van der Waals surface area contributed by atoms with Crippen LogP contribution in [0.1, 0.15) is 12.0 Å². The molecule has 0 aliphatic rings. The van der Waals surface area contributed by atoms with E-state index in [-0.39, 0.29) is 22.8 Å². The molecule has 0 fully saturated rings. The van der Waals surface area contributed by atoms with E-state index in [1.807, 2.05) is 0 Å². The number of rotatable bonds is 9. The highest BCUT2D eigenvalue weighted by molar-refractivity contribution is 5.99. The van der Waals surface area contributed by atoms with Crippen LogP contribution in [-0.2, 0) is 6.54 Å². The van der Waals surface area contributed by atoms with E-state index in [0.717, 1.165) is 18.7 Å². The number of urea groups is 1. The summed E-state index contributed by atoms with van der Waals surface area (Å²) < 4.78 is 56.0. The largest absolute Gasteiger partial charge is 0.573 e. The highest BCUT2D eigenvalue weighted by Gasteiger charge is 2.32. The third-order valence-electron chi connectivity index (χ3n) is 4.60.